The normalized spacial score (nSPS) is 14.6. The molecule has 0 bridgehead atoms. The van der Waals surface area contributed by atoms with Crippen LogP contribution in [-0.4, -0.2) is 14.2 Å². The molecular weight excluding hydrogens is 414 g/mol. The molecule has 0 saturated carbocycles. The van der Waals surface area contributed by atoms with E-state index in [9.17, 15) is 5.26 Å². The Balaban J connectivity index is 1.99. The topological polar surface area (TPSA) is 51.5 Å². The molecule has 130 valence electrons. The van der Waals surface area contributed by atoms with Crippen molar-refractivity contribution in [2.75, 3.05) is 14.2 Å². The Bertz CT molecular complexity index is 1040. The van der Waals surface area contributed by atoms with Crippen molar-refractivity contribution in [2.45, 2.75) is 5.92 Å². The number of thiophene rings is 1. The minimum absolute atomic E-state index is 0.119. The van der Waals surface area contributed by atoms with Crippen molar-refractivity contribution in [1.82, 2.24) is 0 Å². The van der Waals surface area contributed by atoms with Crippen molar-refractivity contribution in [3.05, 3.63) is 68.5 Å². The van der Waals surface area contributed by atoms with Crippen LogP contribution in [0.2, 0.25) is 0 Å². The molecule has 1 aliphatic rings. The quantitative estimate of drug-likeness (QED) is 0.421. The monoisotopic (exact) mass is 427 g/mol. The van der Waals surface area contributed by atoms with Gasteiger partial charge in [-0.25, -0.2) is 0 Å². The van der Waals surface area contributed by atoms with Crippen molar-refractivity contribution >= 4 is 27.3 Å². The van der Waals surface area contributed by atoms with Crippen LogP contribution in [0.3, 0.4) is 0 Å². The third kappa shape index (κ3) is 2.56. The molecule has 0 N–H and O–H groups in total. The van der Waals surface area contributed by atoms with E-state index in [0.29, 0.717) is 17.1 Å². The number of methoxy groups -OCH3 is 2. The van der Waals surface area contributed by atoms with E-state index in [1.807, 2.05) is 41.8 Å². The maximum atomic E-state index is 9.58. The molecule has 4 rings (SSSR count). The molecule has 0 spiro atoms. The average Bonchev–Trinajstić information content (AvgIpc) is 3.07. The molecule has 4 nitrogen and oxygen atoms in total. The maximum Gasteiger partial charge on any atom is 0.186 e. The Morgan fingerprint density at radius 1 is 1.19 bits per heavy atom. The summed E-state index contributed by atoms with van der Waals surface area (Å²) in [5.74, 6) is 1.97. The smallest absolute Gasteiger partial charge is 0.186 e. The van der Waals surface area contributed by atoms with Crippen molar-refractivity contribution in [2.24, 2.45) is 0 Å². The van der Waals surface area contributed by atoms with Gasteiger partial charge in [0, 0.05) is 22.4 Å². The fraction of sp³-hybridized carbons (Fsp3) is 0.150. The van der Waals surface area contributed by atoms with Gasteiger partial charge in [0.05, 0.1) is 24.3 Å². The molecule has 26 heavy (non-hydrogen) atoms. The first-order chi connectivity index (χ1) is 12.7. The minimum Gasteiger partial charge on any atom is -0.493 e. The van der Waals surface area contributed by atoms with Crippen LogP contribution in [-0.2, 0) is 0 Å². The van der Waals surface area contributed by atoms with Gasteiger partial charge in [-0.05, 0) is 39.7 Å². The van der Waals surface area contributed by atoms with Gasteiger partial charge in [0.25, 0.3) is 0 Å². The van der Waals surface area contributed by atoms with Gasteiger partial charge in [0.2, 0.25) is 0 Å². The first-order valence-electron chi connectivity index (χ1n) is 7.87. The Labute approximate surface area is 163 Å². The van der Waals surface area contributed by atoms with Gasteiger partial charge in [-0.3, -0.25) is 0 Å². The van der Waals surface area contributed by atoms with Crippen LogP contribution in [0, 0.1) is 11.3 Å². The van der Waals surface area contributed by atoms with Crippen LogP contribution in [0.15, 0.2) is 46.3 Å². The molecule has 0 aliphatic carbocycles. The van der Waals surface area contributed by atoms with E-state index in [0.717, 1.165) is 32.0 Å². The Morgan fingerprint density at radius 2 is 2.00 bits per heavy atom. The summed E-state index contributed by atoms with van der Waals surface area (Å²) in [5.41, 5.74) is 3.56. The van der Waals surface area contributed by atoms with E-state index in [2.05, 4.69) is 22.0 Å². The molecule has 1 aromatic heterocycles. The lowest BCUT2D eigenvalue weighted by Crippen LogP contribution is -2.11. The second-order valence-electron chi connectivity index (χ2n) is 5.77. The molecule has 0 radical (unpaired) electrons. The number of ether oxygens (including phenoxy) is 3. The van der Waals surface area contributed by atoms with Crippen molar-refractivity contribution in [3.63, 3.8) is 0 Å². The molecule has 3 aromatic rings. The van der Waals surface area contributed by atoms with Crippen LogP contribution in [0.4, 0.5) is 0 Å². The fourth-order valence-electron chi connectivity index (χ4n) is 3.31. The number of nitriles is 1. The zero-order chi connectivity index (χ0) is 18.3. The lowest BCUT2D eigenvalue weighted by Gasteiger charge is -2.27. The zero-order valence-electron chi connectivity index (χ0n) is 14.1. The van der Waals surface area contributed by atoms with Crippen molar-refractivity contribution in [1.29, 1.82) is 5.26 Å². The zero-order valence-corrected chi connectivity index (χ0v) is 16.5. The summed E-state index contributed by atoms with van der Waals surface area (Å²) >= 11 is 5.02. The molecule has 1 unspecified atom stereocenters. The highest BCUT2D eigenvalue weighted by atomic mass is 79.9. The first kappa shape index (κ1) is 17.0. The minimum atomic E-state index is -0.119. The second kappa shape index (κ2) is 6.67. The Kier molecular flexibility index (Phi) is 4.35. The molecule has 2 aromatic carbocycles. The van der Waals surface area contributed by atoms with E-state index in [1.54, 1.807) is 14.2 Å². The summed E-state index contributed by atoms with van der Waals surface area (Å²) < 4.78 is 17.8. The van der Waals surface area contributed by atoms with Gasteiger partial charge in [0.15, 0.2) is 16.6 Å². The molecule has 1 aliphatic heterocycles. The fourth-order valence-corrected chi connectivity index (χ4v) is 4.83. The molecule has 0 amide bonds. The molecule has 6 heteroatoms. The third-order valence-corrected chi connectivity index (χ3v) is 5.88. The molecular formula is C20H14BrNO3S. The first-order valence-corrected chi connectivity index (χ1v) is 9.54. The van der Waals surface area contributed by atoms with Crippen LogP contribution in [0.25, 0.3) is 0 Å². The van der Waals surface area contributed by atoms with Crippen LogP contribution in [0.1, 0.15) is 28.2 Å². The lowest BCUT2D eigenvalue weighted by atomic mass is 9.83. The van der Waals surface area contributed by atoms with Gasteiger partial charge in [-0.15, -0.1) is 11.3 Å². The summed E-state index contributed by atoms with van der Waals surface area (Å²) in [6.07, 6.45) is 0. The Morgan fingerprint density at radius 3 is 2.73 bits per heavy atom. The lowest BCUT2D eigenvalue weighted by molar-refractivity contribution is 0.352. The number of para-hydroxylation sites is 1. The van der Waals surface area contributed by atoms with E-state index in [1.165, 1.54) is 11.3 Å². The number of benzene rings is 2. The molecule has 2 heterocycles. The summed E-state index contributed by atoms with van der Waals surface area (Å²) in [7, 11) is 3.22. The average molecular weight is 428 g/mol. The third-order valence-electron chi connectivity index (χ3n) is 4.42. The largest absolute Gasteiger partial charge is 0.493 e. The van der Waals surface area contributed by atoms with E-state index < -0.39 is 0 Å². The summed E-state index contributed by atoms with van der Waals surface area (Å²) in [6.45, 7) is 0. The van der Waals surface area contributed by atoms with Crippen molar-refractivity contribution < 1.29 is 14.2 Å². The summed E-state index contributed by atoms with van der Waals surface area (Å²) in [4.78, 5) is 0. The van der Waals surface area contributed by atoms with Gasteiger partial charge in [-0.1, -0.05) is 18.2 Å². The highest BCUT2D eigenvalue weighted by molar-refractivity contribution is 9.10. The van der Waals surface area contributed by atoms with Gasteiger partial charge < -0.3 is 14.2 Å². The molecule has 0 saturated heterocycles. The number of hydrogen-bond donors (Lipinski definition) is 0. The highest BCUT2D eigenvalue weighted by Gasteiger charge is 2.33. The summed E-state index contributed by atoms with van der Waals surface area (Å²) in [6, 6.07) is 14.2. The van der Waals surface area contributed by atoms with Crippen LogP contribution in [0.5, 0.6) is 22.3 Å². The number of hydrogen-bond acceptors (Lipinski definition) is 5. The van der Waals surface area contributed by atoms with Crippen LogP contribution >= 0.6 is 27.3 Å². The van der Waals surface area contributed by atoms with Crippen molar-refractivity contribution in [3.8, 4) is 28.4 Å². The van der Waals surface area contributed by atoms with Gasteiger partial charge in [0.1, 0.15) is 11.8 Å². The highest BCUT2D eigenvalue weighted by Crippen LogP contribution is 2.52. The Hall–Kier alpha value is -2.49. The maximum absolute atomic E-state index is 9.58. The number of halogens is 1. The number of fused-ring (bicyclic) bond motifs is 2. The number of nitrogens with zero attached hydrogens (tertiary/aromatic N) is 1. The number of rotatable bonds is 3. The van der Waals surface area contributed by atoms with Gasteiger partial charge >= 0.3 is 0 Å². The summed E-state index contributed by atoms with van der Waals surface area (Å²) in [5, 5.41) is 12.2. The molecule has 0 fully saturated rings. The molecule has 1 atom stereocenters. The van der Waals surface area contributed by atoms with Gasteiger partial charge in [-0.2, -0.15) is 5.26 Å². The van der Waals surface area contributed by atoms with E-state index >= 15 is 0 Å². The standard InChI is InChI=1S/C20H14BrNO3S/c1-23-16-8-11(7-14(21)19(16)24-2)17-13-5-3-4-6-15(13)25-20-18(17)12(9-22)10-26-20/h3-8,10,17H,1-2H3. The van der Waals surface area contributed by atoms with Crippen LogP contribution < -0.4 is 14.2 Å². The predicted molar refractivity (Wildman–Crippen MR) is 104 cm³/mol. The SMILES string of the molecule is COc1cc(C2c3ccccc3Oc3scc(C#N)c32)cc(Br)c1OC. The second-order valence-corrected chi connectivity index (χ2v) is 7.47. The van der Waals surface area contributed by atoms with E-state index in [4.69, 9.17) is 14.2 Å². The van der Waals surface area contributed by atoms with E-state index in [-0.39, 0.29) is 5.92 Å². The predicted octanol–water partition coefficient (Wildman–Crippen LogP) is 5.69.